The van der Waals surface area contributed by atoms with E-state index in [0.29, 0.717) is 12.5 Å². The molecule has 154 valence electrons. The number of benzene rings is 1. The molecule has 9 heteroatoms. The molecule has 9 nitrogen and oxygen atoms in total. The van der Waals surface area contributed by atoms with Gasteiger partial charge in [-0.3, -0.25) is 19.9 Å². The lowest BCUT2D eigenvalue weighted by Gasteiger charge is -2.33. The number of methoxy groups -OCH3 is 2. The molecule has 2 heterocycles. The summed E-state index contributed by atoms with van der Waals surface area (Å²) < 4.78 is 10.3. The maximum Gasteiger partial charge on any atom is 0.286 e. The lowest BCUT2D eigenvalue weighted by Crippen LogP contribution is -2.38. The molecule has 1 aromatic heterocycles. The van der Waals surface area contributed by atoms with Gasteiger partial charge in [0, 0.05) is 31.9 Å². The fourth-order valence-electron chi connectivity index (χ4n) is 3.47. The average molecular weight is 400 g/mol. The Labute approximate surface area is 168 Å². The second-order valence-electron chi connectivity index (χ2n) is 6.83. The van der Waals surface area contributed by atoms with Crippen LogP contribution in [-0.2, 0) is 0 Å². The van der Waals surface area contributed by atoms with Gasteiger partial charge in [-0.25, -0.2) is 0 Å². The smallest absolute Gasteiger partial charge is 0.286 e. The number of rotatable bonds is 7. The predicted molar refractivity (Wildman–Crippen MR) is 108 cm³/mol. The lowest BCUT2D eigenvalue weighted by atomic mass is 9.96. The Bertz CT molecular complexity index is 867. The number of hydrogen-bond donors (Lipinski definition) is 1. The molecule has 0 aliphatic carbocycles. The van der Waals surface area contributed by atoms with Crippen LogP contribution in [0.15, 0.2) is 36.7 Å². The molecule has 0 radical (unpaired) electrons. The Morgan fingerprint density at radius 1 is 1.28 bits per heavy atom. The van der Waals surface area contributed by atoms with Crippen molar-refractivity contribution in [1.82, 2.24) is 10.3 Å². The van der Waals surface area contributed by atoms with Gasteiger partial charge >= 0.3 is 0 Å². The van der Waals surface area contributed by atoms with Crippen LogP contribution in [0, 0.1) is 16.0 Å². The molecule has 1 amide bonds. The number of nitrogens with one attached hydrogen (secondary N) is 1. The molecule has 0 atom stereocenters. The highest BCUT2D eigenvalue weighted by Gasteiger charge is 2.26. The van der Waals surface area contributed by atoms with Gasteiger partial charge in [0.25, 0.3) is 11.6 Å². The van der Waals surface area contributed by atoms with Crippen LogP contribution in [0.4, 0.5) is 11.4 Å². The monoisotopic (exact) mass is 400 g/mol. The molecular weight excluding hydrogens is 376 g/mol. The molecule has 1 aromatic carbocycles. The lowest BCUT2D eigenvalue weighted by molar-refractivity contribution is -0.385. The normalized spacial score (nSPS) is 14.3. The SMILES string of the molecule is COc1cc(C(=O)NCC2CCN(c3cccnc3)CC2)c([N+](=O)[O-])cc1OC. The summed E-state index contributed by atoms with van der Waals surface area (Å²) in [5.41, 5.74) is 0.739. The van der Waals surface area contributed by atoms with Crippen molar-refractivity contribution in [2.24, 2.45) is 5.92 Å². The van der Waals surface area contributed by atoms with E-state index < -0.39 is 10.8 Å². The number of amides is 1. The van der Waals surface area contributed by atoms with Gasteiger partial charge < -0.3 is 19.7 Å². The molecule has 2 aromatic rings. The number of carbonyl (C=O) groups excluding carboxylic acids is 1. The summed E-state index contributed by atoms with van der Waals surface area (Å²) in [6.45, 7) is 2.22. The summed E-state index contributed by atoms with van der Waals surface area (Å²) in [6, 6.07) is 6.50. The predicted octanol–water partition coefficient (Wildman–Crippen LogP) is 2.65. The summed E-state index contributed by atoms with van der Waals surface area (Å²) in [7, 11) is 2.81. The number of nitro benzene ring substituents is 1. The zero-order valence-electron chi connectivity index (χ0n) is 16.5. The van der Waals surface area contributed by atoms with Gasteiger partial charge in [0.2, 0.25) is 0 Å². The van der Waals surface area contributed by atoms with Crippen LogP contribution in [0.5, 0.6) is 11.5 Å². The molecular formula is C20H24N4O5. The first-order valence-corrected chi connectivity index (χ1v) is 9.37. The van der Waals surface area contributed by atoms with E-state index in [0.717, 1.165) is 31.6 Å². The van der Waals surface area contributed by atoms with Gasteiger partial charge in [-0.15, -0.1) is 0 Å². The summed E-state index contributed by atoms with van der Waals surface area (Å²) in [5, 5.41) is 14.2. The van der Waals surface area contributed by atoms with Crippen LogP contribution >= 0.6 is 0 Å². The second-order valence-corrected chi connectivity index (χ2v) is 6.83. The van der Waals surface area contributed by atoms with E-state index in [4.69, 9.17) is 9.47 Å². The Morgan fingerprint density at radius 3 is 2.55 bits per heavy atom. The van der Waals surface area contributed by atoms with Gasteiger partial charge in [0.05, 0.1) is 37.1 Å². The van der Waals surface area contributed by atoms with Crippen LogP contribution < -0.4 is 19.7 Å². The molecule has 1 aliphatic rings. The summed E-state index contributed by atoms with van der Waals surface area (Å²) in [4.78, 5) is 29.8. The van der Waals surface area contributed by atoms with Crippen molar-refractivity contribution in [1.29, 1.82) is 0 Å². The van der Waals surface area contributed by atoms with Crippen LogP contribution in [-0.4, -0.2) is 49.7 Å². The fraction of sp³-hybridized carbons (Fsp3) is 0.400. The van der Waals surface area contributed by atoms with Crippen LogP contribution in [0.3, 0.4) is 0 Å². The minimum Gasteiger partial charge on any atom is -0.493 e. The molecule has 0 bridgehead atoms. The maximum absolute atomic E-state index is 12.6. The number of aromatic nitrogens is 1. The standard InChI is InChI=1S/C20H24N4O5/c1-28-18-10-16(17(24(26)27)11-19(18)29-2)20(25)22-12-14-5-8-23(9-6-14)15-4-3-7-21-13-15/h3-4,7,10-11,13-14H,5-6,8-9,12H2,1-2H3,(H,22,25). The zero-order valence-corrected chi connectivity index (χ0v) is 16.5. The highest BCUT2D eigenvalue weighted by Crippen LogP contribution is 2.34. The first kappa shape index (κ1) is 20.4. The van der Waals surface area contributed by atoms with Gasteiger partial charge in [-0.1, -0.05) is 0 Å². The van der Waals surface area contributed by atoms with E-state index in [1.165, 1.54) is 26.4 Å². The molecule has 0 saturated carbocycles. The van der Waals surface area contributed by atoms with Crippen molar-refractivity contribution < 1.29 is 19.2 Å². The average Bonchev–Trinajstić information content (AvgIpc) is 2.77. The van der Waals surface area contributed by atoms with Crippen molar-refractivity contribution in [3.8, 4) is 11.5 Å². The van der Waals surface area contributed by atoms with E-state index in [2.05, 4.69) is 15.2 Å². The maximum atomic E-state index is 12.6. The molecule has 1 saturated heterocycles. The number of hydrogen-bond acceptors (Lipinski definition) is 7. The minimum absolute atomic E-state index is 0.0413. The van der Waals surface area contributed by atoms with Crippen molar-refractivity contribution in [3.05, 3.63) is 52.3 Å². The molecule has 0 spiro atoms. The largest absolute Gasteiger partial charge is 0.493 e. The number of pyridine rings is 1. The fourth-order valence-corrected chi connectivity index (χ4v) is 3.47. The highest BCUT2D eigenvalue weighted by molar-refractivity contribution is 5.99. The Morgan fingerprint density at radius 2 is 1.97 bits per heavy atom. The Kier molecular flexibility index (Phi) is 6.48. The summed E-state index contributed by atoms with van der Waals surface area (Å²) in [6.07, 6.45) is 5.43. The number of piperidine rings is 1. The number of carbonyl (C=O) groups is 1. The number of nitro groups is 1. The first-order valence-electron chi connectivity index (χ1n) is 9.37. The number of nitrogens with zero attached hydrogens (tertiary/aromatic N) is 3. The molecule has 3 rings (SSSR count). The van der Waals surface area contributed by atoms with Gasteiger partial charge in [-0.05, 0) is 30.9 Å². The minimum atomic E-state index is -0.594. The molecule has 0 unspecified atom stereocenters. The van der Waals surface area contributed by atoms with E-state index in [9.17, 15) is 14.9 Å². The van der Waals surface area contributed by atoms with Crippen molar-refractivity contribution in [2.45, 2.75) is 12.8 Å². The summed E-state index contributed by atoms with van der Waals surface area (Å²) in [5.74, 6) is 0.296. The summed E-state index contributed by atoms with van der Waals surface area (Å²) >= 11 is 0. The van der Waals surface area contributed by atoms with Gasteiger partial charge in [0.1, 0.15) is 5.56 Å². The van der Waals surface area contributed by atoms with Crippen molar-refractivity contribution >= 4 is 17.3 Å². The van der Waals surface area contributed by atoms with Crippen molar-refractivity contribution in [3.63, 3.8) is 0 Å². The Hall–Kier alpha value is -3.36. The Balaban J connectivity index is 1.62. The molecule has 1 aliphatic heterocycles. The van der Waals surface area contributed by atoms with Gasteiger partial charge in [-0.2, -0.15) is 0 Å². The quantitative estimate of drug-likeness (QED) is 0.562. The highest BCUT2D eigenvalue weighted by atomic mass is 16.6. The van der Waals surface area contributed by atoms with E-state index >= 15 is 0 Å². The third kappa shape index (κ3) is 4.74. The van der Waals surface area contributed by atoms with Crippen LogP contribution in [0.2, 0.25) is 0 Å². The van der Waals surface area contributed by atoms with Crippen LogP contribution in [0.25, 0.3) is 0 Å². The molecule has 1 fully saturated rings. The molecule has 29 heavy (non-hydrogen) atoms. The second kappa shape index (κ2) is 9.22. The number of anilines is 1. The van der Waals surface area contributed by atoms with E-state index in [1.807, 2.05) is 18.3 Å². The topological polar surface area (TPSA) is 107 Å². The molecule has 1 N–H and O–H groups in total. The van der Waals surface area contributed by atoms with Gasteiger partial charge in [0.15, 0.2) is 11.5 Å². The van der Waals surface area contributed by atoms with Crippen molar-refractivity contribution in [2.75, 3.05) is 38.8 Å². The first-order chi connectivity index (χ1) is 14.0. The third-order valence-corrected chi connectivity index (χ3v) is 5.12. The van der Waals surface area contributed by atoms with Crippen LogP contribution in [0.1, 0.15) is 23.2 Å². The van der Waals surface area contributed by atoms with E-state index in [-0.39, 0.29) is 22.7 Å². The third-order valence-electron chi connectivity index (χ3n) is 5.12. The van der Waals surface area contributed by atoms with E-state index in [1.54, 1.807) is 6.20 Å². The number of ether oxygens (including phenoxy) is 2. The zero-order chi connectivity index (χ0) is 20.8.